The van der Waals surface area contributed by atoms with Crippen molar-refractivity contribution in [2.45, 2.75) is 13.8 Å². The lowest BCUT2D eigenvalue weighted by atomic mass is 10.1. The molecular formula is C27H24N4O2S. The number of hydrogen-bond acceptors (Lipinski definition) is 6. The van der Waals surface area contributed by atoms with Crippen LogP contribution in [-0.4, -0.2) is 25.1 Å². The summed E-state index contributed by atoms with van der Waals surface area (Å²) in [5, 5.41) is 15.8. The van der Waals surface area contributed by atoms with Crippen LogP contribution in [0.2, 0.25) is 0 Å². The minimum Gasteiger partial charge on any atom is -0.497 e. The summed E-state index contributed by atoms with van der Waals surface area (Å²) in [5.74, 6) is 1.43. The Kier molecular flexibility index (Phi) is 6.90. The number of rotatable bonds is 6. The lowest BCUT2D eigenvalue weighted by Gasteiger charge is -2.11. The van der Waals surface area contributed by atoms with Gasteiger partial charge in [-0.15, -0.1) is 11.3 Å². The predicted octanol–water partition coefficient (Wildman–Crippen LogP) is 5.84. The highest BCUT2D eigenvalue weighted by Crippen LogP contribution is 2.34. The quantitative estimate of drug-likeness (QED) is 0.334. The number of hydrogen-bond donors (Lipinski definition) is 0. The normalized spacial score (nSPS) is 11.6. The van der Waals surface area contributed by atoms with Crippen molar-refractivity contribution in [2.75, 3.05) is 14.2 Å². The summed E-state index contributed by atoms with van der Waals surface area (Å²) in [5.41, 5.74) is 6.35. The van der Waals surface area contributed by atoms with Crippen LogP contribution < -0.4 is 14.3 Å². The van der Waals surface area contributed by atoms with E-state index in [4.69, 9.17) is 24.8 Å². The summed E-state index contributed by atoms with van der Waals surface area (Å²) >= 11 is 1.50. The second-order valence-corrected chi connectivity index (χ2v) is 8.43. The zero-order valence-corrected chi connectivity index (χ0v) is 20.3. The highest BCUT2D eigenvalue weighted by molar-refractivity contribution is 7.07. The van der Waals surface area contributed by atoms with Gasteiger partial charge in [0, 0.05) is 10.9 Å². The van der Waals surface area contributed by atoms with Crippen LogP contribution in [0, 0.1) is 25.2 Å². The van der Waals surface area contributed by atoms with E-state index in [0.717, 1.165) is 38.6 Å². The largest absolute Gasteiger partial charge is 0.497 e. The average Bonchev–Trinajstić information content (AvgIpc) is 3.27. The SMILES string of the molecule is COc1ccc(OC)c(-c2csc(=Nc3cccc(C)c3C)n2N=Cc2ccc(C#N)cc2)c1. The summed E-state index contributed by atoms with van der Waals surface area (Å²) in [4.78, 5) is 5.66. The molecule has 0 atom stereocenters. The highest BCUT2D eigenvalue weighted by Gasteiger charge is 2.14. The molecule has 170 valence electrons. The number of thiazole rings is 1. The average molecular weight is 469 g/mol. The van der Waals surface area contributed by atoms with Gasteiger partial charge < -0.3 is 9.47 Å². The smallest absolute Gasteiger partial charge is 0.211 e. The van der Waals surface area contributed by atoms with Crippen LogP contribution in [0.4, 0.5) is 5.69 Å². The Morgan fingerprint density at radius 1 is 1.00 bits per heavy atom. The van der Waals surface area contributed by atoms with Crippen LogP contribution in [-0.2, 0) is 0 Å². The molecule has 0 bridgehead atoms. The lowest BCUT2D eigenvalue weighted by Crippen LogP contribution is -2.12. The molecule has 0 saturated heterocycles. The van der Waals surface area contributed by atoms with Crippen molar-refractivity contribution in [3.05, 3.63) is 93.1 Å². The third-order valence-corrected chi connectivity index (χ3v) is 6.34. The monoisotopic (exact) mass is 468 g/mol. The predicted molar refractivity (Wildman–Crippen MR) is 136 cm³/mol. The van der Waals surface area contributed by atoms with Crippen LogP contribution >= 0.6 is 11.3 Å². The molecule has 34 heavy (non-hydrogen) atoms. The number of benzene rings is 3. The summed E-state index contributed by atoms with van der Waals surface area (Å²) in [6.45, 7) is 4.14. The molecule has 0 N–H and O–H groups in total. The molecule has 4 aromatic rings. The Morgan fingerprint density at radius 3 is 2.50 bits per heavy atom. The van der Waals surface area contributed by atoms with E-state index in [-0.39, 0.29) is 0 Å². The van der Waals surface area contributed by atoms with Crippen molar-refractivity contribution >= 4 is 23.2 Å². The van der Waals surface area contributed by atoms with Crippen LogP contribution in [0.3, 0.4) is 0 Å². The third kappa shape index (κ3) is 4.77. The number of ether oxygens (including phenoxy) is 2. The van der Waals surface area contributed by atoms with Crippen LogP contribution in [0.25, 0.3) is 11.3 Å². The van der Waals surface area contributed by atoms with Crippen molar-refractivity contribution in [1.29, 1.82) is 5.26 Å². The molecule has 4 rings (SSSR count). The van der Waals surface area contributed by atoms with Gasteiger partial charge in [0.25, 0.3) is 0 Å². The molecule has 0 aliphatic heterocycles. The first-order valence-electron chi connectivity index (χ1n) is 10.6. The van der Waals surface area contributed by atoms with Crippen molar-refractivity contribution < 1.29 is 9.47 Å². The highest BCUT2D eigenvalue weighted by atomic mass is 32.1. The second kappa shape index (κ2) is 10.2. The van der Waals surface area contributed by atoms with Gasteiger partial charge in [0.05, 0.1) is 43.4 Å². The number of aryl methyl sites for hydroxylation is 1. The first-order valence-corrected chi connectivity index (χ1v) is 11.5. The molecule has 6 nitrogen and oxygen atoms in total. The molecule has 0 radical (unpaired) electrons. The van der Waals surface area contributed by atoms with Crippen molar-refractivity contribution in [1.82, 2.24) is 4.68 Å². The van der Waals surface area contributed by atoms with Crippen molar-refractivity contribution in [3.63, 3.8) is 0 Å². The zero-order chi connectivity index (χ0) is 24.1. The van der Waals surface area contributed by atoms with Gasteiger partial charge in [0.2, 0.25) is 4.80 Å². The van der Waals surface area contributed by atoms with Gasteiger partial charge in [-0.1, -0.05) is 24.3 Å². The summed E-state index contributed by atoms with van der Waals surface area (Å²) < 4.78 is 12.9. The first-order chi connectivity index (χ1) is 16.5. The fourth-order valence-corrected chi connectivity index (χ4v) is 4.26. The number of nitriles is 1. The molecule has 0 spiro atoms. The molecule has 7 heteroatoms. The number of nitrogens with zero attached hydrogens (tertiary/aromatic N) is 4. The minimum absolute atomic E-state index is 0.604. The molecule has 0 amide bonds. The summed E-state index contributed by atoms with van der Waals surface area (Å²) in [6.07, 6.45) is 1.76. The van der Waals surface area contributed by atoms with E-state index in [2.05, 4.69) is 26.0 Å². The van der Waals surface area contributed by atoms with Crippen molar-refractivity contribution in [2.24, 2.45) is 10.1 Å². The molecule has 0 aliphatic carbocycles. The van der Waals surface area contributed by atoms with Gasteiger partial charge in [0.15, 0.2) is 0 Å². The minimum atomic E-state index is 0.604. The zero-order valence-electron chi connectivity index (χ0n) is 19.4. The van der Waals surface area contributed by atoms with E-state index in [1.165, 1.54) is 16.9 Å². The van der Waals surface area contributed by atoms with Gasteiger partial charge in [-0.25, -0.2) is 9.67 Å². The molecular weight excluding hydrogens is 444 g/mol. The van der Waals surface area contributed by atoms with Gasteiger partial charge in [-0.2, -0.15) is 10.4 Å². The maximum Gasteiger partial charge on any atom is 0.211 e. The Balaban J connectivity index is 1.91. The Morgan fingerprint density at radius 2 is 1.79 bits per heavy atom. The lowest BCUT2D eigenvalue weighted by molar-refractivity contribution is 0.404. The standard InChI is InChI=1S/C27H24N4O2S/c1-18-6-5-7-24(19(18)2)30-27-31(29-16-21-10-8-20(15-28)9-11-21)25(17-34-27)23-14-22(32-3)12-13-26(23)33-4/h5-14,16-17H,1-4H3. The second-order valence-electron chi connectivity index (χ2n) is 7.59. The van der Waals surface area contributed by atoms with E-state index in [1.807, 2.05) is 52.5 Å². The van der Waals surface area contributed by atoms with Crippen LogP contribution in [0.5, 0.6) is 11.5 Å². The topological polar surface area (TPSA) is 71.9 Å². The molecule has 3 aromatic carbocycles. The van der Waals surface area contributed by atoms with Gasteiger partial charge in [-0.3, -0.25) is 0 Å². The number of aromatic nitrogens is 1. The van der Waals surface area contributed by atoms with E-state index < -0.39 is 0 Å². The van der Waals surface area contributed by atoms with Crippen LogP contribution in [0.1, 0.15) is 22.3 Å². The Bertz CT molecular complexity index is 1460. The molecule has 0 aliphatic rings. The first kappa shape index (κ1) is 23.0. The molecule has 0 fully saturated rings. The maximum absolute atomic E-state index is 9.06. The van der Waals surface area contributed by atoms with Crippen LogP contribution in [0.15, 0.2) is 76.1 Å². The molecule has 0 saturated carbocycles. The van der Waals surface area contributed by atoms with Gasteiger partial charge >= 0.3 is 0 Å². The van der Waals surface area contributed by atoms with Gasteiger partial charge in [-0.05, 0) is 66.9 Å². The summed E-state index contributed by atoms with van der Waals surface area (Å²) in [6, 6.07) is 21.2. The molecule has 1 heterocycles. The number of methoxy groups -OCH3 is 2. The van der Waals surface area contributed by atoms with E-state index >= 15 is 0 Å². The van der Waals surface area contributed by atoms with E-state index in [1.54, 1.807) is 32.6 Å². The van der Waals surface area contributed by atoms with Crippen molar-refractivity contribution in [3.8, 4) is 28.8 Å². The van der Waals surface area contributed by atoms with E-state index in [0.29, 0.717) is 11.3 Å². The fourth-order valence-electron chi connectivity index (χ4n) is 3.42. The maximum atomic E-state index is 9.06. The molecule has 1 aromatic heterocycles. The molecule has 0 unspecified atom stereocenters. The Hall–Kier alpha value is -4.15. The fraction of sp³-hybridized carbons (Fsp3) is 0.148. The summed E-state index contributed by atoms with van der Waals surface area (Å²) in [7, 11) is 3.28. The van der Waals surface area contributed by atoms with E-state index in [9.17, 15) is 0 Å². The van der Waals surface area contributed by atoms with Gasteiger partial charge in [0.1, 0.15) is 11.5 Å². The Labute approximate surface area is 202 Å². The third-order valence-electron chi connectivity index (χ3n) is 5.52.